The summed E-state index contributed by atoms with van der Waals surface area (Å²) in [6.07, 6.45) is 3.55. The molecule has 2 aliphatic heterocycles. The van der Waals surface area contributed by atoms with E-state index in [2.05, 4.69) is 5.32 Å². The lowest BCUT2D eigenvalue weighted by Gasteiger charge is -2.36. The quantitative estimate of drug-likeness (QED) is 0.617. The molecule has 0 aromatic heterocycles. The lowest BCUT2D eigenvalue weighted by Crippen LogP contribution is -2.66. The van der Waals surface area contributed by atoms with E-state index < -0.39 is 17.7 Å². The summed E-state index contributed by atoms with van der Waals surface area (Å²) >= 11 is 0. The third kappa shape index (κ3) is 6.16. The first-order chi connectivity index (χ1) is 16.0. The zero-order valence-electron chi connectivity index (χ0n) is 21.1. The molecule has 0 bridgehead atoms. The second-order valence-electron chi connectivity index (χ2n) is 10.8. The highest BCUT2D eigenvalue weighted by Gasteiger charge is 2.53. The number of primary amides is 1. The Hall–Kier alpha value is -2.45. The van der Waals surface area contributed by atoms with Crippen LogP contribution < -0.4 is 11.1 Å². The predicted molar refractivity (Wildman–Crippen MR) is 131 cm³/mol. The van der Waals surface area contributed by atoms with E-state index in [0.29, 0.717) is 38.5 Å². The van der Waals surface area contributed by atoms with Crippen molar-refractivity contribution in [1.29, 1.82) is 0 Å². The molecule has 8 heteroatoms. The largest absolute Gasteiger partial charge is 0.444 e. The van der Waals surface area contributed by atoms with Crippen molar-refractivity contribution < 1.29 is 23.6 Å². The molecule has 3 N–H and O–H groups in total. The molecule has 1 unspecified atom stereocenters. The summed E-state index contributed by atoms with van der Waals surface area (Å²) in [4.78, 5) is 40.5. The van der Waals surface area contributed by atoms with Crippen molar-refractivity contribution in [2.75, 3.05) is 26.2 Å². The summed E-state index contributed by atoms with van der Waals surface area (Å²) in [6, 6.07) is 8.71. The maximum atomic E-state index is 13.8. The van der Waals surface area contributed by atoms with E-state index in [4.69, 9.17) is 10.5 Å². The number of rotatable bonds is 6. The van der Waals surface area contributed by atoms with Crippen molar-refractivity contribution >= 4 is 18.0 Å². The summed E-state index contributed by atoms with van der Waals surface area (Å²) in [5.74, 6) is 0.204. The van der Waals surface area contributed by atoms with Crippen molar-refractivity contribution in [3.63, 3.8) is 0 Å². The van der Waals surface area contributed by atoms with Crippen molar-refractivity contribution in [2.45, 2.75) is 77.5 Å². The highest BCUT2D eigenvalue weighted by molar-refractivity contribution is 5.87. The number of urea groups is 1. The van der Waals surface area contributed by atoms with E-state index >= 15 is 0 Å². The number of ether oxygens (including phenoxy) is 1. The van der Waals surface area contributed by atoms with E-state index in [0.717, 1.165) is 31.2 Å². The Labute approximate surface area is 203 Å². The van der Waals surface area contributed by atoms with Gasteiger partial charge in [0.05, 0.1) is 6.54 Å². The maximum absolute atomic E-state index is 13.8. The Morgan fingerprint density at radius 3 is 2.32 bits per heavy atom. The molecule has 188 valence electrons. The Balaban J connectivity index is 1.66. The molecule has 8 nitrogen and oxygen atoms in total. The Bertz CT molecular complexity index is 861. The third-order valence-corrected chi connectivity index (χ3v) is 7.17. The number of nitrogens with one attached hydrogen (secondary N) is 1. The minimum absolute atomic E-state index is 0.109. The van der Waals surface area contributed by atoms with Crippen LogP contribution in [0, 0.1) is 5.92 Å². The van der Waals surface area contributed by atoms with Crippen molar-refractivity contribution in [3.05, 3.63) is 35.9 Å². The van der Waals surface area contributed by atoms with Crippen molar-refractivity contribution in [3.8, 4) is 0 Å². The smallest absolute Gasteiger partial charge is 0.421 e. The van der Waals surface area contributed by atoms with E-state index in [1.807, 2.05) is 58.0 Å². The van der Waals surface area contributed by atoms with Crippen LogP contribution in [0.15, 0.2) is 30.3 Å². The van der Waals surface area contributed by atoms with Crippen LogP contribution >= 0.6 is 0 Å². The molecule has 4 amide bonds. The molecule has 0 aliphatic carbocycles. The van der Waals surface area contributed by atoms with Gasteiger partial charge in [-0.3, -0.25) is 0 Å². The van der Waals surface area contributed by atoms with Gasteiger partial charge >= 0.3 is 18.0 Å². The number of amides is 4. The van der Waals surface area contributed by atoms with Crippen LogP contribution in [-0.2, 0) is 16.0 Å². The third-order valence-electron chi connectivity index (χ3n) is 7.17. The van der Waals surface area contributed by atoms with Crippen LogP contribution in [0.1, 0.15) is 58.9 Å². The first kappa shape index (κ1) is 26.2. The monoisotopic (exact) mass is 473 g/mol. The fraction of sp³-hybridized carbons (Fsp3) is 0.654. The second kappa shape index (κ2) is 10.9. The summed E-state index contributed by atoms with van der Waals surface area (Å²) < 4.78 is 5.21. The fourth-order valence-electron chi connectivity index (χ4n) is 5.17. The van der Waals surface area contributed by atoms with E-state index in [1.165, 1.54) is 0 Å². The number of hydrogen-bond donors (Lipinski definition) is 2. The number of nitrogens with two attached hydrogens (primary N) is 1. The Kier molecular flexibility index (Phi) is 8.36. The van der Waals surface area contributed by atoms with Crippen LogP contribution in [0.25, 0.3) is 0 Å². The lowest BCUT2D eigenvalue weighted by atomic mass is 9.95. The normalized spacial score (nSPS) is 24.6. The number of nitrogens with zero attached hydrogens (tertiary/aromatic N) is 2. The van der Waals surface area contributed by atoms with Gasteiger partial charge in [0, 0.05) is 32.4 Å². The summed E-state index contributed by atoms with van der Waals surface area (Å²) in [5, 5.41) is 3.49. The standard InChI is InChI=1S/C26H40N4O4/c1-19-9-8-16-30(19,24(27)32)23(31)22(17-20-10-6-5-7-11-20)28-18-21-12-14-29(15-13-21)25(33)34-26(2,3)4/h5-7,10-11,19,21-22,28H,8-9,12-18H2,1-4H3,(H-,27,32)/p+1/t19-,22-,30?/m1/s1. The maximum Gasteiger partial charge on any atom is 0.421 e. The van der Waals surface area contributed by atoms with Gasteiger partial charge in [0.15, 0.2) is 0 Å². The first-order valence-corrected chi connectivity index (χ1v) is 12.5. The average Bonchev–Trinajstić information content (AvgIpc) is 3.18. The number of hydrogen-bond acceptors (Lipinski definition) is 5. The van der Waals surface area contributed by atoms with E-state index in [9.17, 15) is 14.4 Å². The zero-order chi connectivity index (χ0) is 24.9. The van der Waals surface area contributed by atoms with E-state index in [-0.39, 0.29) is 22.5 Å². The van der Waals surface area contributed by atoms with Crippen LogP contribution in [0.3, 0.4) is 0 Å². The molecule has 2 saturated heterocycles. The highest BCUT2D eigenvalue weighted by Crippen LogP contribution is 2.29. The lowest BCUT2D eigenvalue weighted by molar-refractivity contribution is -0.784. The molecule has 2 heterocycles. The Morgan fingerprint density at radius 1 is 1.15 bits per heavy atom. The number of piperidine rings is 1. The van der Waals surface area contributed by atoms with Gasteiger partial charge < -0.3 is 20.7 Å². The Morgan fingerprint density at radius 2 is 1.79 bits per heavy atom. The number of quaternary nitrogens is 1. The molecule has 34 heavy (non-hydrogen) atoms. The topological polar surface area (TPSA) is 102 Å². The SMILES string of the molecule is C[C@@H]1CCC[N+]1(C(N)=O)C(=O)[C@@H](Cc1ccccc1)NCC1CCN(C(=O)OC(C)(C)C)CC1. The summed E-state index contributed by atoms with van der Waals surface area (Å²) in [5.41, 5.74) is 6.35. The fourth-order valence-corrected chi connectivity index (χ4v) is 5.17. The summed E-state index contributed by atoms with van der Waals surface area (Å²) in [7, 11) is 0. The van der Waals surface area contributed by atoms with Gasteiger partial charge in [-0.2, -0.15) is 4.48 Å². The van der Waals surface area contributed by atoms with Gasteiger partial charge in [-0.05, 0) is 58.6 Å². The molecule has 3 atom stereocenters. The van der Waals surface area contributed by atoms with Crippen LogP contribution in [0.2, 0.25) is 0 Å². The van der Waals surface area contributed by atoms with Crippen molar-refractivity contribution in [2.24, 2.45) is 11.7 Å². The van der Waals surface area contributed by atoms with Crippen LogP contribution in [0.4, 0.5) is 9.59 Å². The minimum atomic E-state index is -0.555. The molecular formula is C26H41N4O4+. The first-order valence-electron chi connectivity index (χ1n) is 12.5. The van der Waals surface area contributed by atoms with Gasteiger partial charge in [-0.15, -0.1) is 0 Å². The molecule has 1 aromatic carbocycles. The van der Waals surface area contributed by atoms with E-state index in [1.54, 1.807) is 4.90 Å². The van der Waals surface area contributed by atoms with Gasteiger partial charge in [-0.1, -0.05) is 30.3 Å². The highest BCUT2D eigenvalue weighted by atomic mass is 16.6. The van der Waals surface area contributed by atoms with Gasteiger partial charge in [0.2, 0.25) is 0 Å². The molecule has 0 spiro atoms. The molecule has 2 fully saturated rings. The average molecular weight is 474 g/mol. The molecular weight excluding hydrogens is 432 g/mol. The molecule has 0 radical (unpaired) electrons. The van der Waals surface area contributed by atoms with Crippen molar-refractivity contribution in [1.82, 2.24) is 10.2 Å². The molecule has 2 aliphatic rings. The molecule has 0 saturated carbocycles. The van der Waals surface area contributed by atoms with Gasteiger partial charge in [0.1, 0.15) is 17.7 Å². The van der Waals surface area contributed by atoms with Crippen LogP contribution in [0.5, 0.6) is 0 Å². The number of likely N-dealkylation sites (tertiary alicyclic amines) is 2. The van der Waals surface area contributed by atoms with Gasteiger partial charge in [-0.25, -0.2) is 14.4 Å². The van der Waals surface area contributed by atoms with Crippen LogP contribution in [-0.4, -0.2) is 71.3 Å². The molecule has 3 rings (SSSR count). The second-order valence-corrected chi connectivity index (χ2v) is 10.8. The number of benzene rings is 1. The number of carbonyl (C=O) groups is 3. The zero-order valence-corrected chi connectivity index (χ0v) is 21.1. The minimum Gasteiger partial charge on any atom is -0.444 e. The predicted octanol–water partition coefficient (Wildman–Crippen LogP) is 3.44. The number of carbonyl (C=O) groups excluding carboxylic acids is 3. The van der Waals surface area contributed by atoms with Gasteiger partial charge in [0.25, 0.3) is 0 Å². The number of imide groups is 1. The molecule has 1 aromatic rings. The summed E-state index contributed by atoms with van der Waals surface area (Å²) in [6.45, 7) is 9.95.